The summed E-state index contributed by atoms with van der Waals surface area (Å²) in [6, 6.07) is 8.98. The summed E-state index contributed by atoms with van der Waals surface area (Å²) in [6.07, 6.45) is 3.25. The maximum Gasteiger partial charge on any atom is 0.338 e. The lowest BCUT2D eigenvalue weighted by atomic mass is 9.76. The Balaban J connectivity index is 2.26. The molecule has 28 heavy (non-hydrogen) atoms. The Kier molecular flexibility index (Phi) is 8.43. The Morgan fingerprint density at radius 1 is 1.21 bits per heavy atom. The van der Waals surface area contributed by atoms with Gasteiger partial charge >= 0.3 is 5.97 Å². The van der Waals surface area contributed by atoms with Gasteiger partial charge < -0.3 is 9.47 Å². The van der Waals surface area contributed by atoms with Crippen LogP contribution in [0, 0.1) is 11.8 Å². The van der Waals surface area contributed by atoms with Gasteiger partial charge in [0, 0.05) is 25.0 Å². The van der Waals surface area contributed by atoms with Crippen LogP contribution >= 0.6 is 0 Å². The second kappa shape index (κ2) is 10.6. The van der Waals surface area contributed by atoms with Crippen molar-refractivity contribution in [1.29, 1.82) is 0 Å². The zero-order valence-corrected chi connectivity index (χ0v) is 17.9. The molecule has 0 heterocycles. The average molecular weight is 387 g/mol. The van der Waals surface area contributed by atoms with Crippen LogP contribution in [0.5, 0.6) is 0 Å². The fourth-order valence-corrected chi connectivity index (χ4v) is 3.98. The standard InChI is InChI=1S/C24H34O4/c1-6-18-15-20(25)21(17(4)12-10-11-16(2)3)23(27-5)22(18)28-24(26)19-13-8-7-9-14-19/h7-9,13-14,16,18,22-23H,6,10-12,15H2,1-5H3/t18-,22-,23+/m1/s1. The molecule has 2 rings (SSSR count). The molecule has 0 saturated heterocycles. The highest BCUT2D eigenvalue weighted by atomic mass is 16.6. The van der Waals surface area contributed by atoms with E-state index in [0.717, 1.165) is 31.3 Å². The fraction of sp³-hybridized carbons (Fsp3) is 0.583. The second-order valence-electron chi connectivity index (χ2n) is 8.17. The van der Waals surface area contributed by atoms with Gasteiger partial charge in [0.1, 0.15) is 12.2 Å². The maximum atomic E-state index is 12.9. The number of allylic oxidation sites excluding steroid dienone is 1. The second-order valence-corrected chi connectivity index (χ2v) is 8.17. The highest BCUT2D eigenvalue weighted by molar-refractivity contribution is 5.98. The van der Waals surface area contributed by atoms with Gasteiger partial charge in [0.2, 0.25) is 0 Å². The molecule has 1 aromatic carbocycles. The molecule has 0 bridgehead atoms. The summed E-state index contributed by atoms with van der Waals surface area (Å²) in [5.41, 5.74) is 2.29. The zero-order chi connectivity index (χ0) is 20.7. The van der Waals surface area contributed by atoms with Crippen molar-refractivity contribution >= 4 is 11.8 Å². The largest absolute Gasteiger partial charge is 0.455 e. The van der Waals surface area contributed by atoms with Crippen LogP contribution in [0.15, 0.2) is 41.5 Å². The molecule has 0 N–H and O–H groups in total. The van der Waals surface area contributed by atoms with Crippen LogP contribution in [-0.4, -0.2) is 31.1 Å². The first-order valence-electron chi connectivity index (χ1n) is 10.4. The first kappa shape index (κ1) is 22.4. The summed E-state index contributed by atoms with van der Waals surface area (Å²) in [5.74, 6) is 0.379. The Labute approximate surface area is 169 Å². The van der Waals surface area contributed by atoms with Gasteiger partial charge in [-0.25, -0.2) is 4.79 Å². The van der Waals surface area contributed by atoms with Gasteiger partial charge in [0.25, 0.3) is 0 Å². The number of carbonyl (C=O) groups is 2. The van der Waals surface area contributed by atoms with Crippen molar-refractivity contribution in [1.82, 2.24) is 0 Å². The molecule has 0 aliphatic heterocycles. The average Bonchev–Trinajstić information content (AvgIpc) is 2.68. The van der Waals surface area contributed by atoms with E-state index in [2.05, 4.69) is 13.8 Å². The molecule has 0 aromatic heterocycles. The summed E-state index contributed by atoms with van der Waals surface area (Å²) in [5, 5.41) is 0. The van der Waals surface area contributed by atoms with Gasteiger partial charge in [0.05, 0.1) is 5.56 Å². The molecule has 1 aromatic rings. The number of ketones is 1. The monoisotopic (exact) mass is 386 g/mol. The van der Waals surface area contributed by atoms with Crippen molar-refractivity contribution in [2.75, 3.05) is 7.11 Å². The summed E-state index contributed by atoms with van der Waals surface area (Å²) in [6.45, 7) is 8.45. The molecule has 154 valence electrons. The molecule has 1 saturated carbocycles. The van der Waals surface area contributed by atoms with Crippen LogP contribution in [0.3, 0.4) is 0 Å². The highest BCUT2D eigenvalue weighted by Crippen LogP contribution is 2.35. The predicted octanol–water partition coefficient (Wildman–Crippen LogP) is 5.37. The molecule has 0 unspecified atom stereocenters. The summed E-state index contributed by atoms with van der Waals surface area (Å²) in [4.78, 5) is 25.6. The number of benzene rings is 1. The van der Waals surface area contributed by atoms with Crippen molar-refractivity contribution in [2.45, 2.75) is 72.0 Å². The SMILES string of the molecule is CC[C@@H]1CC(=O)C(=C(C)CCCC(C)C)[C@H](OC)[C@@H]1OC(=O)c1ccccc1. The Hall–Kier alpha value is -1.94. The highest BCUT2D eigenvalue weighted by Gasteiger charge is 2.43. The first-order valence-corrected chi connectivity index (χ1v) is 10.4. The van der Waals surface area contributed by atoms with Gasteiger partial charge in [0.15, 0.2) is 5.78 Å². The van der Waals surface area contributed by atoms with E-state index in [0.29, 0.717) is 23.5 Å². The smallest absolute Gasteiger partial charge is 0.338 e. The molecule has 4 nitrogen and oxygen atoms in total. The Bertz CT molecular complexity index is 690. The van der Waals surface area contributed by atoms with Gasteiger partial charge in [-0.05, 0) is 44.2 Å². The van der Waals surface area contributed by atoms with Crippen molar-refractivity contribution in [2.24, 2.45) is 11.8 Å². The van der Waals surface area contributed by atoms with Gasteiger partial charge in [-0.2, -0.15) is 0 Å². The number of hydrogen-bond acceptors (Lipinski definition) is 4. The van der Waals surface area contributed by atoms with E-state index in [1.807, 2.05) is 32.0 Å². The third kappa shape index (κ3) is 5.54. The van der Waals surface area contributed by atoms with Crippen LogP contribution < -0.4 is 0 Å². The van der Waals surface area contributed by atoms with Crippen LogP contribution in [0.4, 0.5) is 0 Å². The van der Waals surface area contributed by atoms with Gasteiger partial charge in [-0.3, -0.25) is 4.79 Å². The normalized spacial score (nSPS) is 24.4. The molecular formula is C24H34O4. The number of esters is 1. The van der Waals surface area contributed by atoms with Gasteiger partial charge in [-0.15, -0.1) is 0 Å². The third-order valence-electron chi connectivity index (χ3n) is 5.62. The number of Topliss-reactive ketones (excluding diaryl/α,β-unsaturated/α-hetero) is 1. The van der Waals surface area contributed by atoms with Crippen molar-refractivity contribution < 1.29 is 19.1 Å². The maximum absolute atomic E-state index is 12.9. The number of ether oxygens (including phenoxy) is 2. The van der Waals surface area contributed by atoms with E-state index in [4.69, 9.17) is 9.47 Å². The minimum absolute atomic E-state index is 0.0303. The van der Waals surface area contributed by atoms with Crippen LogP contribution in [0.25, 0.3) is 0 Å². The molecule has 1 fully saturated rings. The molecule has 0 radical (unpaired) electrons. The van der Waals surface area contributed by atoms with E-state index in [-0.39, 0.29) is 17.7 Å². The van der Waals surface area contributed by atoms with Gasteiger partial charge in [-0.1, -0.05) is 51.0 Å². The molecule has 1 aliphatic rings. The van der Waals surface area contributed by atoms with E-state index in [1.165, 1.54) is 0 Å². The number of rotatable bonds is 8. The number of methoxy groups -OCH3 is 1. The van der Waals surface area contributed by atoms with Crippen LogP contribution in [-0.2, 0) is 14.3 Å². The first-order chi connectivity index (χ1) is 13.4. The number of hydrogen-bond donors (Lipinski definition) is 0. The fourth-order valence-electron chi connectivity index (χ4n) is 3.98. The lowest BCUT2D eigenvalue weighted by molar-refractivity contribution is -0.126. The Morgan fingerprint density at radius 2 is 1.89 bits per heavy atom. The molecular weight excluding hydrogens is 352 g/mol. The Morgan fingerprint density at radius 3 is 2.46 bits per heavy atom. The van der Waals surface area contributed by atoms with Crippen molar-refractivity contribution in [3.63, 3.8) is 0 Å². The number of carbonyl (C=O) groups excluding carboxylic acids is 2. The third-order valence-corrected chi connectivity index (χ3v) is 5.62. The molecule has 0 amide bonds. The lowest BCUT2D eigenvalue weighted by Crippen LogP contribution is -2.47. The molecule has 1 aliphatic carbocycles. The minimum atomic E-state index is -0.502. The zero-order valence-electron chi connectivity index (χ0n) is 17.9. The summed E-state index contributed by atoms with van der Waals surface area (Å²) in [7, 11) is 1.60. The minimum Gasteiger partial charge on any atom is -0.455 e. The quantitative estimate of drug-likeness (QED) is 0.445. The van der Waals surface area contributed by atoms with E-state index >= 15 is 0 Å². The van der Waals surface area contributed by atoms with Crippen LogP contribution in [0.2, 0.25) is 0 Å². The van der Waals surface area contributed by atoms with E-state index in [9.17, 15) is 9.59 Å². The van der Waals surface area contributed by atoms with Crippen molar-refractivity contribution in [3.05, 3.63) is 47.0 Å². The van der Waals surface area contributed by atoms with E-state index < -0.39 is 12.2 Å². The summed E-state index contributed by atoms with van der Waals surface area (Å²) < 4.78 is 11.7. The van der Waals surface area contributed by atoms with E-state index in [1.54, 1.807) is 19.2 Å². The predicted molar refractivity (Wildman–Crippen MR) is 111 cm³/mol. The lowest BCUT2D eigenvalue weighted by Gasteiger charge is -2.38. The summed E-state index contributed by atoms with van der Waals surface area (Å²) >= 11 is 0. The molecule has 0 spiro atoms. The van der Waals surface area contributed by atoms with Crippen LogP contribution in [0.1, 0.15) is 70.2 Å². The molecule has 4 heteroatoms. The molecule has 3 atom stereocenters. The topological polar surface area (TPSA) is 52.6 Å². The van der Waals surface area contributed by atoms with Crippen molar-refractivity contribution in [3.8, 4) is 0 Å².